The van der Waals surface area contributed by atoms with Gasteiger partial charge in [-0.15, -0.1) is 0 Å². The molecule has 1 aliphatic rings. The van der Waals surface area contributed by atoms with E-state index in [1.165, 1.54) is 0 Å². The molecule has 130 valence electrons. The maximum absolute atomic E-state index is 12.6. The lowest BCUT2D eigenvalue weighted by Crippen LogP contribution is -2.47. The molecule has 3 rings (SSSR count). The molecule has 0 bridgehead atoms. The SMILES string of the molecule is CC(Cn1cccn1)NC1CCN(S(=O)(=O)c2ccccc2)CC1. The van der Waals surface area contributed by atoms with Gasteiger partial charge in [0.25, 0.3) is 0 Å². The fraction of sp³-hybridized carbons (Fsp3) is 0.471. The van der Waals surface area contributed by atoms with Crippen LogP contribution in [0.3, 0.4) is 0 Å². The first-order valence-electron chi connectivity index (χ1n) is 8.34. The van der Waals surface area contributed by atoms with Crippen LogP contribution in [0, 0.1) is 0 Å². The van der Waals surface area contributed by atoms with Crippen molar-refractivity contribution in [3.05, 3.63) is 48.8 Å². The van der Waals surface area contributed by atoms with Crippen LogP contribution in [-0.4, -0.2) is 47.7 Å². The predicted molar refractivity (Wildman–Crippen MR) is 93.0 cm³/mol. The maximum Gasteiger partial charge on any atom is 0.243 e. The van der Waals surface area contributed by atoms with E-state index in [9.17, 15) is 8.42 Å². The second-order valence-corrected chi connectivity index (χ2v) is 8.23. The molecule has 1 atom stereocenters. The molecule has 0 saturated carbocycles. The normalized spacial score (nSPS) is 18.5. The van der Waals surface area contributed by atoms with E-state index in [2.05, 4.69) is 17.3 Å². The van der Waals surface area contributed by atoms with Gasteiger partial charge in [0.05, 0.1) is 11.4 Å². The predicted octanol–water partition coefficient (Wildman–Crippen LogP) is 1.71. The van der Waals surface area contributed by atoms with E-state index in [-0.39, 0.29) is 0 Å². The summed E-state index contributed by atoms with van der Waals surface area (Å²) >= 11 is 0. The van der Waals surface area contributed by atoms with Crippen molar-refractivity contribution in [2.45, 2.75) is 43.3 Å². The molecule has 1 aliphatic heterocycles. The Morgan fingerprint density at radius 1 is 1.21 bits per heavy atom. The first-order chi connectivity index (χ1) is 11.6. The van der Waals surface area contributed by atoms with Crippen molar-refractivity contribution in [3.8, 4) is 0 Å². The van der Waals surface area contributed by atoms with Crippen LogP contribution < -0.4 is 5.32 Å². The van der Waals surface area contributed by atoms with Crippen molar-refractivity contribution < 1.29 is 8.42 Å². The lowest BCUT2D eigenvalue weighted by Gasteiger charge is -2.33. The number of hydrogen-bond donors (Lipinski definition) is 1. The van der Waals surface area contributed by atoms with E-state index >= 15 is 0 Å². The largest absolute Gasteiger partial charge is 0.310 e. The Labute approximate surface area is 143 Å². The second kappa shape index (κ2) is 7.46. The zero-order chi connectivity index (χ0) is 17.0. The minimum Gasteiger partial charge on any atom is -0.310 e. The third kappa shape index (κ3) is 4.03. The molecule has 2 heterocycles. The molecule has 1 aromatic heterocycles. The molecule has 24 heavy (non-hydrogen) atoms. The molecular formula is C17H24N4O2S. The topological polar surface area (TPSA) is 67.2 Å². The molecule has 0 radical (unpaired) electrons. The summed E-state index contributed by atoms with van der Waals surface area (Å²) in [5, 5.41) is 7.80. The van der Waals surface area contributed by atoms with Gasteiger partial charge in [0, 0.05) is 37.6 Å². The molecule has 2 aromatic rings. The maximum atomic E-state index is 12.6. The Bertz CT molecular complexity index is 723. The summed E-state index contributed by atoms with van der Waals surface area (Å²) in [5.41, 5.74) is 0. The van der Waals surface area contributed by atoms with Crippen LogP contribution >= 0.6 is 0 Å². The average molecular weight is 348 g/mol. The highest BCUT2D eigenvalue weighted by molar-refractivity contribution is 7.89. The molecule has 1 fully saturated rings. The summed E-state index contributed by atoms with van der Waals surface area (Å²) in [7, 11) is -3.36. The Kier molecular flexibility index (Phi) is 5.33. The van der Waals surface area contributed by atoms with Crippen LogP contribution in [-0.2, 0) is 16.6 Å². The molecule has 1 aromatic carbocycles. The van der Waals surface area contributed by atoms with Gasteiger partial charge in [-0.1, -0.05) is 18.2 Å². The lowest BCUT2D eigenvalue weighted by molar-refractivity contribution is 0.268. The number of nitrogens with zero attached hydrogens (tertiary/aromatic N) is 3. The number of rotatable bonds is 6. The molecule has 7 heteroatoms. The molecule has 0 amide bonds. The van der Waals surface area contributed by atoms with E-state index in [0.717, 1.165) is 19.4 Å². The summed E-state index contributed by atoms with van der Waals surface area (Å²) in [6.07, 6.45) is 5.39. The van der Waals surface area contributed by atoms with E-state index in [0.29, 0.717) is 30.1 Å². The van der Waals surface area contributed by atoms with Crippen LogP contribution in [0.15, 0.2) is 53.7 Å². The van der Waals surface area contributed by atoms with Crippen molar-refractivity contribution in [1.82, 2.24) is 19.4 Å². The molecule has 1 unspecified atom stereocenters. The quantitative estimate of drug-likeness (QED) is 0.863. The number of sulfonamides is 1. The summed E-state index contributed by atoms with van der Waals surface area (Å²) in [6, 6.07) is 11.2. The van der Waals surface area contributed by atoms with Crippen molar-refractivity contribution in [3.63, 3.8) is 0 Å². The number of piperidine rings is 1. The summed E-state index contributed by atoms with van der Waals surface area (Å²) in [4.78, 5) is 0.378. The van der Waals surface area contributed by atoms with Gasteiger partial charge >= 0.3 is 0 Å². The standard InChI is InChI=1S/C17H24N4O2S/c1-15(14-20-11-5-10-18-20)19-16-8-12-21(13-9-16)24(22,23)17-6-3-2-4-7-17/h2-7,10-11,15-16,19H,8-9,12-14H2,1H3. The number of nitrogens with one attached hydrogen (secondary N) is 1. The van der Waals surface area contributed by atoms with E-state index in [4.69, 9.17) is 0 Å². The van der Waals surface area contributed by atoms with Crippen LogP contribution in [0.25, 0.3) is 0 Å². The summed E-state index contributed by atoms with van der Waals surface area (Å²) < 4.78 is 28.7. The molecule has 0 aliphatic carbocycles. The van der Waals surface area contributed by atoms with Crippen LogP contribution in [0.5, 0.6) is 0 Å². The van der Waals surface area contributed by atoms with Gasteiger partial charge in [-0.25, -0.2) is 8.42 Å². The Balaban J connectivity index is 1.52. The fourth-order valence-electron chi connectivity index (χ4n) is 3.15. The van der Waals surface area contributed by atoms with Gasteiger partial charge in [0.1, 0.15) is 0 Å². The van der Waals surface area contributed by atoms with Crippen molar-refractivity contribution in [2.75, 3.05) is 13.1 Å². The minimum absolute atomic E-state index is 0.298. The lowest BCUT2D eigenvalue weighted by atomic mass is 10.1. The van der Waals surface area contributed by atoms with Gasteiger partial charge in [-0.3, -0.25) is 4.68 Å². The van der Waals surface area contributed by atoms with E-state index in [1.54, 1.807) is 34.8 Å². The Morgan fingerprint density at radius 2 is 1.92 bits per heavy atom. The summed E-state index contributed by atoms with van der Waals surface area (Å²) in [6.45, 7) is 4.07. The summed E-state index contributed by atoms with van der Waals surface area (Å²) in [5.74, 6) is 0. The third-order valence-electron chi connectivity index (χ3n) is 4.38. The molecule has 6 nitrogen and oxygen atoms in total. The first kappa shape index (κ1) is 17.1. The van der Waals surface area contributed by atoms with Crippen LogP contribution in [0.4, 0.5) is 0 Å². The second-order valence-electron chi connectivity index (χ2n) is 6.29. The van der Waals surface area contributed by atoms with Crippen molar-refractivity contribution in [2.24, 2.45) is 0 Å². The van der Waals surface area contributed by atoms with E-state index < -0.39 is 10.0 Å². The number of benzene rings is 1. The zero-order valence-corrected chi connectivity index (χ0v) is 14.7. The smallest absolute Gasteiger partial charge is 0.243 e. The monoisotopic (exact) mass is 348 g/mol. The average Bonchev–Trinajstić information content (AvgIpc) is 3.09. The highest BCUT2D eigenvalue weighted by Crippen LogP contribution is 2.20. The van der Waals surface area contributed by atoms with Crippen molar-refractivity contribution >= 4 is 10.0 Å². The first-order valence-corrected chi connectivity index (χ1v) is 9.78. The third-order valence-corrected chi connectivity index (χ3v) is 6.29. The number of aromatic nitrogens is 2. The highest BCUT2D eigenvalue weighted by atomic mass is 32.2. The zero-order valence-electron chi connectivity index (χ0n) is 13.9. The van der Waals surface area contributed by atoms with Gasteiger partial charge in [0.2, 0.25) is 10.0 Å². The van der Waals surface area contributed by atoms with Gasteiger partial charge in [-0.05, 0) is 38.0 Å². The Morgan fingerprint density at radius 3 is 2.54 bits per heavy atom. The van der Waals surface area contributed by atoms with E-state index in [1.807, 2.05) is 23.0 Å². The fourth-order valence-corrected chi connectivity index (χ4v) is 4.64. The molecule has 0 spiro atoms. The van der Waals surface area contributed by atoms with Gasteiger partial charge < -0.3 is 5.32 Å². The minimum atomic E-state index is -3.36. The van der Waals surface area contributed by atoms with Crippen molar-refractivity contribution in [1.29, 1.82) is 0 Å². The number of hydrogen-bond acceptors (Lipinski definition) is 4. The molecule has 1 N–H and O–H groups in total. The molecular weight excluding hydrogens is 324 g/mol. The van der Waals surface area contributed by atoms with Gasteiger partial charge in [0.15, 0.2) is 0 Å². The molecule has 1 saturated heterocycles. The van der Waals surface area contributed by atoms with Crippen LogP contribution in [0.2, 0.25) is 0 Å². The highest BCUT2D eigenvalue weighted by Gasteiger charge is 2.29. The van der Waals surface area contributed by atoms with Gasteiger partial charge in [-0.2, -0.15) is 9.40 Å². The Hall–Kier alpha value is -1.70. The van der Waals surface area contributed by atoms with Crippen LogP contribution in [0.1, 0.15) is 19.8 Å².